The Balaban J connectivity index is 2.20. The normalized spacial score (nSPS) is 16.7. The largest absolute Gasteiger partial charge is 0.385 e. The summed E-state index contributed by atoms with van der Waals surface area (Å²) in [5.41, 5.74) is 9.82. The molecular formula is C13H20N2. The van der Waals surface area contributed by atoms with Crippen LogP contribution in [0, 0.1) is 0 Å². The maximum atomic E-state index is 5.59. The second-order valence-electron chi connectivity index (χ2n) is 4.43. The topological polar surface area (TPSA) is 38.0 Å². The predicted molar refractivity (Wildman–Crippen MR) is 65.3 cm³/mol. The SMILES string of the molecule is CC(CCN)c1ccc2c(c1)CCCN2. The summed E-state index contributed by atoms with van der Waals surface area (Å²) in [7, 11) is 0. The maximum absolute atomic E-state index is 5.59. The molecule has 0 saturated heterocycles. The van der Waals surface area contributed by atoms with Crippen LogP contribution < -0.4 is 11.1 Å². The third-order valence-corrected chi connectivity index (χ3v) is 3.24. The lowest BCUT2D eigenvalue weighted by Crippen LogP contribution is -2.12. The number of fused-ring (bicyclic) bond motifs is 1. The highest BCUT2D eigenvalue weighted by atomic mass is 14.9. The molecule has 0 spiro atoms. The van der Waals surface area contributed by atoms with Gasteiger partial charge in [-0.2, -0.15) is 0 Å². The van der Waals surface area contributed by atoms with Gasteiger partial charge >= 0.3 is 0 Å². The van der Waals surface area contributed by atoms with Crippen LogP contribution in [0.15, 0.2) is 18.2 Å². The van der Waals surface area contributed by atoms with Crippen molar-refractivity contribution >= 4 is 5.69 Å². The number of rotatable bonds is 3. The Kier molecular flexibility index (Phi) is 3.27. The smallest absolute Gasteiger partial charge is 0.0372 e. The quantitative estimate of drug-likeness (QED) is 0.794. The first-order chi connectivity index (χ1) is 7.31. The number of nitrogens with two attached hydrogens (primary N) is 1. The molecule has 0 fully saturated rings. The number of aryl methyl sites for hydroxylation is 1. The fourth-order valence-corrected chi connectivity index (χ4v) is 2.22. The lowest BCUT2D eigenvalue weighted by Gasteiger charge is -2.20. The van der Waals surface area contributed by atoms with Gasteiger partial charge in [0.05, 0.1) is 0 Å². The molecule has 0 aliphatic carbocycles. The van der Waals surface area contributed by atoms with Gasteiger partial charge in [0.25, 0.3) is 0 Å². The van der Waals surface area contributed by atoms with E-state index in [9.17, 15) is 0 Å². The van der Waals surface area contributed by atoms with Crippen molar-refractivity contribution in [2.75, 3.05) is 18.4 Å². The zero-order valence-electron chi connectivity index (χ0n) is 9.42. The molecule has 82 valence electrons. The molecule has 0 radical (unpaired) electrons. The van der Waals surface area contributed by atoms with E-state index in [1.54, 1.807) is 0 Å². The van der Waals surface area contributed by atoms with E-state index in [0.717, 1.165) is 19.5 Å². The van der Waals surface area contributed by atoms with E-state index < -0.39 is 0 Å². The minimum atomic E-state index is 0.585. The van der Waals surface area contributed by atoms with Crippen molar-refractivity contribution in [3.63, 3.8) is 0 Å². The van der Waals surface area contributed by atoms with Crippen LogP contribution in [-0.2, 0) is 6.42 Å². The van der Waals surface area contributed by atoms with Crippen molar-refractivity contribution < 1.29 is 0 Å². The van der Waals surface area contributed by atoms with Gasteiger partial charge < -0.3 is 11.1 Å². The second-order valence-corrected chi connectivity index (χ2v) is 4.43. The number of benzene rings is 1. The monoisotopic (exact) mass is 204 g/mol. The predicted octanol–water partition coefficient (Wildman–Crippen LogP) is 2.50. The van der Waals surface area contributed by atoms with Gasteiger partial charge in [0.15, 0.2) is 0 Å². The van der Waals surface area contributed by atoms with Crippen molar-refractivity contribution in [1.82, 2.24) is 0 Å². The summed E-state index contributed by atoms with van der Waals surface area (Å²) in [5.74, 6) is 0.585. The fraction of sp³-hybridized carbons (Fsp3) is 0.538. The first kappa shape index (κ1) is 10.5. The van der Waals surface area contributed by atoms with Gasteiger partial charge in [-0.3, -0.25) is 0 Å². The van der Waals surface area contributed by atoms with Gasteiger partial charge in [0, 0.05) is 12.2 Å². The van der Waals surface area contributed by atoms with Crippen LogP contribution in [0.1, 0.15) is 36.8 Å². The van der Waals surface area contributed by atoms with E-state index in [-0.39, 0.29) is 0 Å². The summed E-state index contributed by atoms with van der Waals surface area (Å²) in [4.78, 5) is 0. The van der Waals surface area contributed by atoms with Crippen molar-refractivity contribution in [2.24, 2.45) is 5.73 Å². The molecule has 2 rings (SSSR count). The van der Waals surface area contributed by atoms with Gasteiger partial charge in [-0.05, 0) is 48.9 Å². The molecule has 1 aliphatic heterocycles. The molecule has 2 heteroatoms. The maximum Gasteiger partial charge on any atom is 0.0372 e. The molecule has 2 nitrogen and oxygen atoms in total. The van der Waals surface area contributed by atoms with E-state index >= 15 is 0 Å². The molecule has 15 heavy (non-hydrogen) atoms. The molecule has 1 aromatic rings. The lowest BCUT2D eigenvalue weighted by atomic mass is 9.93. The standard InChI is InChI=1S/C13H20N2/c1-10(6-7-14)11-4-5-13-12(9-11)3-2-8-15-13/h4-5,9-10,15H,2-3,6-8,14H2,1H3. The van der Waals surface area contributed by atoms with Crippen molar-refractivity contribution in [2.45, 2.75) is 32.1 Å². The van der Waals surface area contributed by atoms with E-state index in [0.29, 0.717) is 5.92 Å². The molecule has 3 N–H and O–H groups in total. The Labute approximate surface area is 91.9 Å². The molecule has 1 atom stereocenters. The highest BCUT2D eigenvalue weighted by Crippen LogP contribution is 2.27. The fourth-order valence-electron chi connectivity index (χ4n) is 2.22. The number of hydrogen-bond donors (Lipinski definition) is 2. The zero-order valence-corrected chi connectivity index (χ0v) is 9.42. The van der Waals surface area contributed by atoms with Crippen LogP contribution in [0.3, 0.4) is 0 Å². The van der Waals surface area contributed by atoms with Gasteiger partial charge in [0.2, 0.25) is 0 Å². The molecule has 1 aliphatic rings. The molecule has 1 unspecified atom stereocenters. The highest BCUT2D eigenvalue weighted by molar-refractivity contribution is 5.54. The molecule has 0 aromatic heterocycles. The van der Waals surface area contributed by atoms with Crippen LogP contribution >= 0.6 is 0 Å². The van der Waals surface area contributed by atoms with Crippen LogP contribution in [-0.4, -0.2) is 13.1 Å². The van der Waals surface area contributed by atoms with Crippen LogP contribution in [0.4, 0.5) is 5.69 Å². The molecular weight excluding hydrogens is 184 g/mol. The van der Waals surface area contributed by atoms with Crippen LogP contribution in [0.2, 0.25) is 0 Å². The van der Waals surface area contributed by atoms with Crippen LogP contribution in [0.5, 0.6) is 0 Å². The van der Waals surface area contributed by atoms with E-state index in [2.05, 4.69) is 30.4 Å². The molecule has 1 heterocycles. The van der Waals surface area contributed by atoms with Gasteiger partial charge in [0.1, 0.15) is 0 Å². The first-order valence-electron chi connectivity index (χ1n) is 5.88. The van der Waals surface area contributed by atoms with Crippen LogP contribution in [0.25, 0.3) is 0 Å². The summed E-state index contributed by atoms with van der Waals surface area (Å²) in [6.45, 7) is 4.14. The van der Waals surface area contributed by atoms with E-state index in [1.165, 1.54) is 29.7 Å². The summed E-state index contributed by atoms with van der Waals surface area (Å²) in [6, 6.07) is 6.80. The summed E-state index contributed by atoms with van der Waals surface area (Å²) >= 11 is 0. The Morgan fingerprint density at radius 3 is 3.13 bits per heavy atom. The van der Waals surface area contributed by atoms with Gasteiger partial charge in [-0.1, -0.05) is 19.1 Å². The number of nitrogens with one attached hydrogen (secondary N) is 1. The summed E-state index contributed by atoms with van der Waals surface area (Å²) in [5, 5.41) is 3.44. The van der Waals surface area contributed by atoms with Crippen molar-refractivity contribution in [3.05, 3.63) is 29.3 Å². The Hall–Kier alpha value is -1.02. The molecule has 1 aromatic carbocycles. The van der Waals surface area contributed by atoms with E-state index in [4.69, 9.17) is 5.73 Å². The average molecular weight is 204 g/mol. The number of anilines is 1. The molecule has 0 amide bonds. The highest BCUT2D eigenvalue weighted by Gasteiger charge is 2.11. The number of hydrogen-bond acceptors (Lipinski definition) is 2. The van der Waals surface area contributed by atoms with Gasteiger partial charge in [-0.25, -0.2) is 0 Å². The Morgan fingerprint density at radius 1 is 1.47 bits per heavy atom. The lowest BCUT2D eigenvalue weighted by molar-refractivity contribution is 0.687. The third-order valence-electron chi connectivity index (χ3n) is 3.24. The van der Waals surface area contributed by atoms with Crippen molar-refractivity contribution in [1.29, 1.82) is 0 Å². The minimum Gasteiger partial charge on any atom is -0.385 e. The first-order valence-corrected chi connectivity index (χ1v) is 5.88. The van der Waals surface area contributed by atoms with Crippen molar-refractivity contribution in [3.8, 4) is 0 Å². The zero-order chi connectivity index (χ0) is 10.7. The molecule has 0 bridgehead atoms. The Bertz CT molecular complexity index is 333. The summed E-state index contributed by atoms with van der Waals surface area (Å²) < 4.78 is 0. The van der Waals surface area contributed by atoms with E-state index in [1.807, 2.05) is 0 Å². The molecule has 0 saturated carbocycles. The second kappa shape index (κ2) is 4.67. The average Bonchev–Trinajstić information content (AvgIpc) is 2.29. The summed E-state index contributed by atoms with van der Waals surface area (Å²) in [6.07, 6.45) is 3.54. The Morgan fingerprint density at radius 2 is 2.33 bits per heavy atom. The third kappa shape index (κ3) is 2.32. The van der Waals surface area contributed by atoms with Gasteiger partial charge in [-0.15, -0.1) is 0 Å². The minimum absolute atomic E-state index is 0.585.